The van der Waals surface area contributed by atoms with Crippen LogP contribution in [0.25, 0.3) is 0 Å². The van der Waals surface area contributed by atoms with E-state index in [2.05, 4.69) is 13.8 Å². The molecule has 2 unspecified atom stereocenters. The minimum atomic E-state index is -4.17. The Bertz CT molecular complexity index is 401. The van der Waals surface area contributed by atoms with Gasteiger partial charge in [-0.05, 0) is 25.7 Å². The van der Waals surface area contributed by atoms with Crippen LogP contribution < -0.4 is 51.4 Å². The van der Waals surface area contributed by atoms with E-state index in [4.69, 9.17) is 0 Å². The van der Waals surface area contributed by atoms with Crippen LogP contribution in [0.3, 0.4) is 0 Å². The summed E-state index contributed by atoms with van der Waals surface area (Å²) >= 11 is 0. The second kappa shape index (κ2) is 20.8. The maximum absolute atomic E-state index is 11.4. The van der Waals surface area contributed by atoms with Crippen molar-refractivity contribution in [2.75, 3.05) is 0 Å². The number of hydrogen-bond donors (Lipinski definition) is 1. The van der Waals surface area contributed by atoms with Crippen molar-refractivity contribution in [3.8, 4) is 0 Å². The van der Waals surface area contributed by atoms with Gasteiger partial charge in [-0.3, -0.25) is 0 Å². The van der Waals surface area contributed by atoms with Gasteiger partial charge in [0.15, 0.2) is 0 Å². The van der Waals surface area contributed by atoms with Crippen LogP contribution in [-0.2, 0) is 10.1 Å². The first kappa shape index (κ1) is 30.7. The van der Waals surface area contributed by atoms with Crippen molar-refractivity contribution in [2.24, 2.45) is 0 Å². The number of hydrogen-bond acceptors (Lipinski definition) is 4. The minimum Gasteiger partial charge on any atom is -0.748 e. The molecule has 4 nitrogen and oxygen atoms in total. The largest absolute Gasteiger partial charge is 1.00 e. The van der Waals surface area contributed by atoms with Gasteiger partial charge in [-0.15, -0.1) is 0 Å². The summed E-state index contributed by atoms with van der Waals surface area (Å²) in [7, 11) is -4.17. The standard InChI is InChI=1S/C21H44O4S.K/c1-3-5-7-9-14-18-21(26(23,24)25)19-15-11-10-13-17-20(22)16-12-8-6-4-2;/h20-22H,3-19H2,1-2H3,(H,23,24,25);/q;+1/p-1. The van der Waals surface area contributed by atoms with Gasteiger partial charge in [0.05, 0.1) is 16.2 Å². The second-order valence-electron chi connectivity index (χ2n) is 7.81. The molecule has 0 heterocycles. The Morgan fingerprint density at radius 2 is 1.00 bits per heavy atom. The summed E-state index contributed by atoms with van der Waals surface area (Å²) in [5, 5.41) is 9.24. The number of aliphatic hydroxyl groups excluding tert-OH is 1. The summed E-state index contributed by atoms with van der Waals surface area (Å²) in [6.45, 7) is 4.34. The molecule has 0 rings (SSSR count). The van der Waals surface area contributed by atoms with Gasteiger partial charge in [0, 0.05) is 5.25 Å². The quantitative estimate of drug-likeness (QED) is 0.194. The molecule has 1 N–H and O–H groups in total. The summed E-state index contributed by atoms with van der Waals surface area (Å²) in [6, 6.07) is 0. The monoisotopic (exact) mass is 430 g/mol. The predicted octanol–water partition coefficient (Wildman–Crippen LogP) is 2.94. The van der Waals surface area contributed by atoms with Crippen LogP contribution in [0, 0.1) is 0 Å². The third kappa shape index (κ3) is 20.6. The molecular formula is C21H43KO4S. The summed E-state index contributed by atoms with van der Waals surface area (Å²) in [4.78, 5) is 0. The molecule has 0 bridgehead atoms. The molecule has 158 valence electrons. The molecule has 0 aromatic carbocycles. The predicted molar refractivity (Wildman–Crippen MR) is 109 cm³/mol. The van der Waals surface area contributed by atoms with Gasteiger partial charge in [0.2, 0.25) is 0 Å². The van der Waals surface area contributed by atoms with Crippen LogP contribution in [0.5, 0.6) is 0 Å². The Balaban J connectivity index is 0. The number of aliphatic hydroxyl groups is 1. The van der Waals surface area contributed by atoms with E-state index in [1.54, 1.807) is 0 Å². The fourth-order valence-corrected chi connectivity index (χ4v) is 4.38. The Morgan fingerprint density at radius 1 is 0.667 bits per heavy atom. The van der Waals surface area contributed by atoms with Crippen molar-refractivity contribution in [1.82, 2.24) is 0 Å². The van der Waals surface area contributed by atoms with Crippen molar-refractivity contribution in [1.29, 1.82) is 0 Å². The van der Waals surface area contributed by atoms with Gasteiger partial charge in [-0.25, -0.2) is 8.42 Å². The summed E-state index contributed by atoms with van der Waals surface area (Å²) in [5.41, 5.74) is 0. The first-order valence-corrected chi connectivity index (χ1v) is 12.5. The molecule has 0 radical (unpaired) electrons. The molecule has 0 aromatic rings. The van der Waals surface area contributed by atoms with Gasteiger partial charge in [0.25, 0.3) is 0 Å². The van der Waals surface area contributed by atoms with E-state index in [1.807, 2.05) is 0 Å². The zero-order chi connectivity index (χ0) is 19.7. The molecule has 0 aliphatic carbocycles. The Kier molecular flexibility index (Phi) is 23.6. The van der Waals surface area contributed by atoms with E-state index < -0.39 is 15.4 Å². The molecule has 6 heteroatoms. The van der Waals surface area contributed by atoms with E-state index in [-0.39, 0.29) is 57.5 Å². The number of unbranched alkanes of at least 4 members (excludes halogenated alkanes) is 10. The molecule has 0 saturated heterocycles. The fourth-order valence-electron chi connectivity index (χ4n) is 3.47. The van der Waals surface area contributed by atoms with Gasteiger partial charge in [-0.2, -0.15) is 0 Å². The van der Waals surface area contributed by atoms with Crippen LogP contribution in [0.2, 0.25) is 0 Å². The Hall–Kier alpha value is 1.51. The molecule has 0 aromatic heterocycles. The zero-order valence-electron chi connectivity index (χ0n) is 18.3. The van der Waals surface area contributed by atoms with Gasteiger partial charge < -0.3 is 9.66 Å². The molecule has 0 spiro atoms. The normalized spacial score (nSPS) is 13.9. The fraction of sp³-hybridized carbons (Fsp3) is 1.00. The van der Waals surface area contributed by atoms with Crippen LogP contribution in [0.15, 0.2) is 0 Å². The molecule has 0 aliphatic heterocycles. The second-order valence-corrected chi connectivity index (χ2v) is 9.46. The third-order valence-corrected chi connectivity index (χ3v) is 6.53. The van der Waals surface area contributed by atoms with Gasteiger partial charge in [0.1, 0.15) is 0 Å². The molecular weight excluding hydrogens is 387 g/mol. The SMILES string of the molecule is CCCCCCCC(CCCCCCC(O)CCCCCC)S(=O)(=O)[O-].[K+]. The average molecular weight is 431 g/mol. The number of rotatable bonds is 19. The van der Waals surface area contributed by atoms with Crippen molar-refractivity contribution in [2.45, 2.75) is 134 Å². The molecule has 0 saturated carbocycles. The van der Waals surface area contributed by atoms with E-state index in [9.17, 15) is 18.1 Å². The molecule has 0 aliphatic rings. The molecule has 27 heavy (non-hydrogen) atoms. The van der Waals surface area contributed by atoms with Crippen LogP contribution in [0.1, 0.15) is 123 Å². The maximum Gasteiger partial charge on any atom is 1.00 e. The van der Waals surface area contributed by atoms with E-state index in [0.717, 1.165) is 70.6 Å². The van der Waals surface area contributed by atoms with Crippen molar-refractivity contribution >= 4 is 10.1 Å². The topological polar surface area (TPSA) is 77.4 Å². The van der Waals surface area contributed by atoms with Crippen molar-refractivity contribution in [3.63, 3.8) is 0 Å². The van der Waals surface area contributed by atoms with Crippen LogP contribution in [0.4, 0.5) is 0 Å². The first-order chi connectivity index (χ1) is 12.4. The van der Waals surface area contributed by atoms with Gasteiger partial charge >= 0.3 is 51.4 Å². The van der Waals surface area contributed by atoms with E-state index in [1.165, 1.54) is 25.7 Å². The molecule has 0 amide bonds. The Labute approximate surface area is 211 Å². The Morgan fingerprint density at radius 3 is 1.37 bits per heavy atom. The molecule has 2 atom stereocenters. The van der Waals surface area contributed by atoms with Crippen molar-refractivity contribution < 1.29 is 69.5 Å². The summed E-state index contributed by atoms with van der Waals surface area (Å²) in [5.74, 6) is 0. The van der Waals surface area contributed by atoms with E-state index in [0.29, 0.717) is 12.8 Å². The minimum absolute atomic E-state index is 0. The molecule has 0 fully saturated rings. The first-order valence-electron chi connectivity index (χ1n) is 11.0. The zero-order valence-corrected chi connectivity index (χ0v) is 22.2. The van der Waals surface area contributed by atoms with Crippen molar-refractivity contribution in [3.05, 3.63) is 0 Å². The average Bonchev–Trinajstić information content (AvgIpc) is 2.58. The third-order valence-electron chi connectivity index (χ3n) is 5.24. The van der Waals surface area contributed by atoms with Gasteiger partial charge in [-0.1, -0.05) is 97.3 Å². The van der Waals surface area contributed by atoms with Crippen LogP contribution >= 0.6 is 0 Å². The van der Waals surface area contributed by atoms with E-state index >= 15 is 0 Å². The van der Waals surface area contributed by atoms with Crippen LogP contribution in [-0.4, -0.2) is 29.4 Å². The summed E-state index contributed by atoms with van der Waals surface area (Å²) in [6.07, 6.45) is 16.4. The smallest absolute Gasteiger partial charge is 0.748 e. The summed E-state index contributed by atoms with van der Waals surface area (Å²) < 4.78 is 34.3. The maximum atomic E-state index is 11.4.